The first-order valence-electron chi connectivity index (χ1n) is 11.7. The fourth-order valence-corrected chi connectivity index (χ4v) is 4.18. The lowest BCUT2D eigenvalue weighted by molar-refractivity contribution is -0.118. The standard InChI is InChI=1S/C27H27F3N6O2/c1-34(2)9-10-36-16-21(17-7-5-4-6-8-17)19(12-24(36)37)22-15-35(3)26(38)25-20(22)11-23(33-25)18(13-31)14-32-27(28,29)30/h4-8,11-16,33H,9-10,31H2,1-3H3. The molecule has 0 aliphatic heterocycles. The summed E-state index contributed by atoms with van der Waals surface area (Å²) in [7, 11) is 5.41. The molecule has 0 aliphatic carbocycles. The van der Waals surface area contributed by atoms with Gasteiger partial charge >= 0.3 is 6.30 Å². The third-order valence-corrected chi connectivity index (χ3v) is 6.09. The first-order chi connectivity index (χ1) is 18.0. The number of aryl methyl sites for hydroxylation is 1. The number of aliphatic imine (C=N–C) groups is 1. The van der Waals surface area contributed by atoms with Gasteiger partial charge in [0.1, 0.15) is 5.52 Å². The molecule has 38 heavy (non-hydrogen) atoms. The van der Waals surface area contributed by atoms with Gasteiger partial charge in [-0.05, 0) is 31.3 Å². The van der Waals surface area contributed by atoms with Crippen molar-refractivity contribution in [1.29, 1.82) is 0 Å². The molecule has 0 saturated heterocycles. The van der Waals surface area contributed by atoms with Crippen molar-refractivity contribution in [3.63, 3.8) is 0 Å². The number of pyridine rings is 2. The molecule has 1 aromatic carbocycles. The van der Waals surface area contributed by atoms with Gasteiger partial charge in [-0.25, -0.2) is 0 Å². The molecule has 0 amide bonds. The molecule has 0 atom stereocenters. The molecule has 4 aromatic rings. The van der Waals surface area contributed by atoms with Gasteiger partial charge in [-0.3, -0.25) is 9.59 Å². The minimum Gasteiger partial charge on any atom is -0.404 e. The first-order valence-corrected chi connectivity index (χ1v) is 11.7. The highest BCUT2D eigenvalue weighted by Crippen LogP contribution is 2.35. The Labute approximate surface area is 216 Å². The monoisotopic (exact) mass is 524 g/mol. The molecule has 3 heterocycles. The Morgan fingerprint density at radius 3 is 2.42 bits per heavy atom. The van der Waals surface area contributed by atoms with Crippen LogP contribution in [-0.2, 0) is 13.6 Å². The maximum atomic E-state index is 13.2. The van der Waals surface area contributed by atoms with Crippen molar-refractivity contribution in [1.82, 2.24) is 19.0 Å². The van der Waals surface area contributed by atoms with E-state index in [0.717, 1.165) is 17.3 Å². The number of aromatic amines is 1. The normalized spacial score (nSPS) is 12.8. The van der Waals surface area contributed by atoms with Gasteiger partial charge in [0.2, 0.25) is 0 Å². The zero-order chi connectivity index (χ0) is 27.6. The van der Waals surface area contributed by atoms with Crippen LogP contribution in [0.1, 0.15) is 5.69 Å². The van der Waals surface area contributed by atoms with Crippen molar-refractivity contribution >= 4 is 22.7 Å². The van der Waals surface area contributed by atoms with E-state index in [2.05, 4.69) is 9.98 Å². The van der Waals surface area contributed by atoms with Crippen LogP contribution >= 0.6 is 0 Å². The zero-order valence-corrected chi connectivity index (χ0v) is 21.1. The Morgan fingerprint density at radius 2 is 1.79 bits per heavy atom. The number of fused-ring (bicyclic) bond motifs is 1. The second kappa shape index (κ2) is 10.5. The number of nitrogens with two attached hydrogens (primary N) is 1. The molecule has 0 bridgehead atoms. The number of rotatable bonds is 7. The molecule has 0 radical (unpaired) electrons. The Bertz CT molecular complexity index is 1640. The average Bonchev–Trinajstić information content (AvgIpc) is 3.31. The van der Waals surface area contributed by atoms with Gasteiger partial charge in [-0.2, -0.15) is 4.99 Å². The number of aromatic nitrogens is 3. The van der Waals surface area contributed by atoms with Gasteiger partial charge in [0.15, 0.2) is 0 Å². The fraction of sp³-hybridized carbons (Fsp3) is 0.222. The van der Waals surface area contributed by atoms with Crippen LogP contribution < -0.4 is 16.9 Å². The second-order valence-electron chi connectivity index (χ2n) is 9.08. The van der Waals surface area contributed by atoms with E-state index in [1.807, 2.05) is 49.3 Å². The van der Waals surface area contributed by atoms with Gasteiger partial charge in [0.25, 0.3) is 11.1 Å². The number of benzene rings is 1. The third-order valence-electron chi connectivity index (χ3n) is 6.09. The maximum Gasteiger partial charge on any atom is 0.503 e. The lowest BCUT2D eigenvalue weighted by Crippen LogP contribution is -2.26. The van der Waals surface area contributed by atoms with Crippen LogP contribution in [0.3, 0.4) is 0 Å². The lowest BCUT2D eigenvalue weighted by atomic mass is 9.95. The summed E-state index contributed by atoms with van der Waals surface area (Å²) < 4.78 is 41.1. The lowest BCUT2D eigenvalue weighted by Gasteiger charge is -2.17. The largest absolute Gasteiger partial charge is 0.503 e. The number of nitrogens with zero attached hydrogens (tertiary/aromatic N) is 4. The molecule has 0 spiro atoms. The molecule has 198 valence electrons. The molecule has 11 heteroatoms. The van der Waals surface area contributed by atoms with Crippen molar-refractivity contribution in [2.75, 3.05) is 20.6 Å². The van der Waals surface area contributed by atoms with E-state index >= 15 is 0 Å². The molecule has 0 fully saturated rings. The summed E-state index contributed by atoms with van der Waals surface area (Å²) in [5.41, 5.74) is 8.03. The van der Waals surface area contributed by atoms with E-state index in [0.29, 0.717) is 35.8 Å². The van der Waals surface area contributed by atoms with Gasteiger partial charge < -0.3 is 24.8 Å². The van der Waals surface area contributed by atoms with Gasteiger partial charge in [-0.1, -0.05) is 30.3 Å². The molecule has 0 unspecified atom stereocenters. The van der Waals surface area contributed by atoms with Gasteiger partial charge in [-0.15, -0.1) is 13.2 Å². The summed E-state index contributed by atoms with van der Waals surface area (Å²) in [5, 5.41) is 0.436. The summed E-state index contributed by atoms with van der Waals surface area (Å²) in [4.78, 5) is 33.6. The van der Waals surface area contributed by atoms with E-state index in [4.69, 9.17) is 5.73 Å². The van der Waals surface area contributed by atoms with Crippen molar-refractivity contribution in [3.8, 4) is 22.3 Å². The predicted molar refractivity (Wildman–Crippen MR) is 144 cm³/mol. The van der Waals surface area contributed by atoms with Crippen LogP contribution in [0.5, 0.6) is 0 Å². The SMILES string of the molecule is CN(C)CCn1cc(-c2ccccc2)c(-c2cn(C)c(=O)c3[nH]c(C(C=NC(F)(F)F)=CN)cc23)cc1=O. The van der Waals surface area contributed by atoms with Crippen LogP contribution in [0.25, 0.3) is 38.7 Å². The van der Waals surface area contributed by atoms with E-state index in [1.54, 1.807) is 30.1 Å². The minimum absolute atomic E-state index is 0.0473. The van der Waals surface area contributed by atoms with Crippen LogP contribution in [0, 0.1) is 0 Å². The first kappa shape index (κ1) is 26.7. The number of nitrogens with one attached hydrogen (secondary N) is 1. The summed E-state index contributed by atoms with van der Waals surface area (Å²) in [6.07, 6.45) is 0.204. The minimum atomic E-state index is -4.78. The highest BCUT2D eigenvalue weighted by Gasteiger charge is 2.25. The van der Waals surface area contributed by atoms with E-state index in [1.165, 1.54) is 10.6 Å². The highest BCUT2D eigenvalue weighted by molar-refractivity contribution is 6.11. The van der Waals surface area contributed by atoms with E-state index in [-0.39, 0.29) is 27.9 Å². The van der Waals surface area contributed by atoms with Gasteiger partial charge in [0, 0.05) is 78.8 Å². The Balaban J connectivity index is 1.98. The molecule has 3 N–H and O–H groups in total. The van der Waals surface area contributed by atoms with Crippen LogP contribution in [0.2, 0.25) is 0 Å². The van der Waals surface area contributed by atoms with Crippen LogP contribution in [0.4, 0.5) is 13.2 Å². The topological polar surface area (TPSA) is 101 Å². The number of hydrogen-bond acceptors (Lipinski definition) is 5. The summed E-state index contributed by atoms with van der Waals surface area (Å²) in [6.45, 7) is 1.14. The number of alkyl halides is 3. The van der Waals surface area contributed by atoms with Crippen molar-refractivity contribution in [2.45, 2.75) is 12.8 Å². The number of H-pyrrole nitrogens is 1. The average molecular weight is 525 g/mol. The summed E-state index contributed by atoms with van der Waals surface area (Å²) in [5.74, 6) is 0. The molecular weight excluding hydrogens is 497 g/mol. The number of halogens is 3. The quantitative estimate of drug-likeness (QED) is 0.284. The number of allylic oxidation sites excluding steroid dienone is 1. The molecule has 4 rings (SSSR count). The number of likely N-dealkylation sites (N-methyl/N-ethyl adjacent to an activating group) is 1. The molecular formula is C27H27F3N6O2. The van der Waals surface area contributed by atoms with Crippen molar-refractivity contribution in [3.05, 3.63) is 87.5 Å². The summed E-state index contributed by atoms with van der Waals surface area (Å²) in [6, 6.07) is 12.6. The predicted octanol–water partition coefficient (Wildman–Crippen LogP) is 3.81. The smallest absolute Gasteiger partial charge is 0.404 e. The van der Waals surface area contributed by atoms with Crippen molar-refractivity contribution in [2.24, 2.45) is 17.8 Å². The highest BCUT2D eigenvalue weighted by atomic mass is 19.4. The maximum absolute atomic E-state index is 13.2. The van der Waals surface area contributed by atoms with Crippen molar-refractivity contribution < 1.29 is 13.2 Å². The third kappa shape index (κ3) is 5.62. The van der Waals surface area contributed by atoms with E-state index < -0.39 is 6.30 Å². The molecule has 8 nitrogen and oxygen atoms in total. The Kier molecular flexibility index (Phi) is 7.40. The molecule has 3 aromatic heterocycles. The number of hydrogen-bond donors (Lipinski definition) is 2. The molecule has 0 saturated carbocycles. The molecule has 0 aliphatic rings. The Morgan fingerprint density at radius 1 is 1.08 bits per heavy atom. The van der Waals surface area contributed by atoms with Gasteiger partial charge in [0.05, 0.1) is 0 Å². The van der Waals surface area contributed by atoms with Crippen LogP contribution in [-0.4, -0.2) is 52.2 Å². The van der Waals surface area contributed by atoms with E-state index in [9.17, 15) is 22.8 Å². The fourth-order valence-electron chi connectivity index (χ4n) is 4.18. The summed E-state index contributed by atoms with van der Waals surface area (Å²) >= 11 is 0. The Hall–Kier alpha value is -4.38. The van der Waals surface area contributed by atoms with Crippen LogP contribution in [0.15, 0.2) is 75.6 Å². The zero-order valence-electron chi connectivity index (χ0n) is 21.1. The second-order valence-corrected chi connectivity index (χ2v) is 9.08.